The highest BCUT2D eigenvalue weighted by Gasteiger charge is 2.12. The van der Waals surface area contributed by atoms with E-state index in [2.05, 4.69) is 53.8 Å². The third-order valence-corrected chi connectivity index (χ3v) is 3.28. The number of allylic oxidation sites excluding steroid dienone is 2. The van der Waals surface area contributed by atoms with Crippen LogP contribution in [0.1, 0.15) is 16.7 Å². The highest BCUT2D eigenvalue weighted by Crippen LogP contribution is 2.32. The first-order valence-corrected chi connectivity index (χ1v) is 6.46. The molecule has 0 aliphatic carbocycles. The third-order valence-electron chi connectivity index (χ3n) is 3.28. The Kier molecular flexibility index (Phi) is 3.15. The van der Waals surface area contributed by atoms with Crippen molar-refractivity contribution in [3.63, 3.8) is 0 Å². The molecule has 0 fully saturated rings. The van der Waals surface area contributed by atoms with Gasteiger partial charge >= 0.3 is 0 Å². The van der Waals surface area contributed by atoms with Crippen molar-refractivity contribution in [1.29, 1.82) is 0 Å². The van der Waals surface area contributed by atoms with Gasteiger partial charge < -0.3 is 5.32 Å². The van der Waals surface area contributed by atoms with Crippen LogP contribution < -0.4 is 5.32 Å². The third kappa shape index (κ3) is 2.43. The molecule has 1 aliphatic rings. The van der Waals surface area contributed by atoms with E-state index in [0.717, 1.165) is 6.54 Å². The van der Waals surface area contributed by atoms with Crippen LogP contribution in [0.5, 0.6) is 0 Å². The van der Waals surface area contributed by atoms with Gasteiger partial charge in [0.05, 0.1) is 0 Å². The molecule has 2 nitrogen and oxygen atoms in total. The number of aryl methyl sites for hydroxylation is 1. The van der Waals surface area contributed by atoms with Gasteiger partial charge in [0.25, 0.3) is 0 Å². The van der Waals surface area contributed by atoms with E-state index >= 15 is 0 Å². The Hall–Kier alpha value is -2.35. The average molecular weight is 248 g/mol. The van der Waals surface area contributed by atoms with Crippen molar-refractivity contribution in [2.75, 3.05) is 6.54 Å². The molecule has 2 heteroatoms. The maximum absolute atomic E-state index is 4.09. The summed E-state index contributed by atoms with van der Waals surface area (Å²) in [6, 6.07) is 12.7. The molecular formula is C17H16N2. The van der Waals surface area contributed by atoms with Gasteiger partial charge in [-0.25, -0.2) is 0 Å². The summed E-state index contributed by atoms with van der Waals surface area (Å²) in [5.41, 5.74) is 6.25. The van der Waals surface area contributed by atoms with E-state index in [9.17, 15) is 0 Å². The zero-order valence-corrected chi connectivity index (χ0v) is 10.9. The van der Waals surface area contributed by atoms with Crippen molar-refractivity contribution >= 4 is 11.1 Å². The van der Waals surface area contributed by atoms with Crippen molar-refractivity contribution in [3.8, 4) is 0 Å². The average Bonchev–Trinajstić information content (AvgIpc) is 2.48. The van der Waals surface area contributed by atoms with E-state index in [1.54, 1.807) is 0 Å². The van der Waals surface area contributed by atoms with Crippen LogP contribution in [0.2, 0.25) is 0 Å². The predicted molar refractivity (Wildman–Crippen MR) is 79.4 cm³/mol. The number of pyridine rings is 1. The molecule has 19 heavy (non-hydrogen) atoms. The van der Waals surface area contributed by atoms with Gasteiger partial charge in [-0.2, -0.15) is 0 Å². The summed E-state index contributed by atoms with van der Waals surface area (Å²) in [6.45, 7) is 3.00. The maximum atomic E-state index is 4.09. The molecule has 2 aromatic rings. The molecule has 0 spiro atoms. The maximum Gasteiger partial charge on any atom is 0.0334 e. The van der Waals surface area contributed by atoms with Gasteiger partial charge in [0, 0.05) is 30.7 Å². The molecule has 1 aliphatic heterocycles. The number of rotatable bonds is 2. The Balaban J connectivity index is 2.05. The Bertz CT molecular complexity index is 639. The summed E-state index contributed by atoms with van der Waals surface area (Å²) in [5.74, 6) is 0. The van der Waals surface area contributed by atoms with E-state index in [-0.39, 0.29) is 0 Å². The molecule has 0 saturated carbocycles. The van der Waals surface area contributed by atoms with E-state index in [1.807, 2.05) is 24.5 Å². The number of aromatic nitrogens is 1. The van der Waals surface area contributed by atoms with Crippen molar-refractivity contribution in [2.24, 2.45) is 0 Å². The fraction of sp³-hybridized carbons (Fsp3) is 0.118. The van der Waals surface area contributed by atoms with Gasteiger partial charge in [-0.05, 0) is 35.8 Å². The number of dihydropyridines is 1. The van der Waals surface area contributed by atoms with E-state index in [0.29, 0.717) is 0 Å². The molecule has 0 bridgehead atoms. The van der Waals surface area contributed by atoms with Crippen LogP contribution in [0.3, 0.4) is 0 Å². The molecule has 0 unspecified atom stereocenters. The SMILES string of the molecule is Cc1cccc(C2=CCNC=C2c2ccncc2)c1. The van der Waals surface area contributed by atoms with E-state index in [1.165, 1.54) is 27.8 Å². The van der Waals surface area contributed by atoms with Crippen LogP contribution in [0.15, 0.2) is 61.1 Å². The van der Waals surface area contributed by atoms with Crippen molar-refractivity contribution in [3.05, 3.63) is 77.8 Å². The highest BCUT2D eigenvalue weighted by molar-refractivity contribution is 6.05. The first-order valence-electron chi connectivity index (χ1n) is 6.46. The summed E-state index contributed by atoms with van der Waals surface area (Å²) < 4.78 is 0. The predicted octanol–water partition coefficient (Wildman–Crippen LogP) is 3.42. The van der Waals surface area contributed by atoms with Crippen molar-refractivity contribution in [1.82, 2.24) is 10.3 Å². The number of hydrogen-bond donors (Lipinski definition) is 1. The molecular weight excluding hydrogens is 232 g/mol. The summed E-state index contributed by atoms with van der Waals surface area (Å²) in [6.07, 6.45) is 7.99. The summed E-state index contributed by atoms with van der Waals surface area (Å²) in [5, 5.41) is 3.29. The Labute approximate surface area is 113 Å². The fourth-order valence-corrected chi connectivity index (χ4v) is 2.37. The summed E-state index contributed by atoms with van der Waals surface area (Å²) >= 11 is 0. The molecule has 1 aromatic heterocycles. The summed E-state index contributed by atoms with van der Waals surface area (Å²) in [7, 11) is 0. The largest absolute Gasteiger partial charge is 0.387 e. The number of nitrogens with one attached hydrogen (secondary N) is 1. The normalized spacial score (nSPS) is 14.4. The van der Waals surface area contributed by atoms with Crippen LogP contribution in [0, 0.1) is 6.92 Å². The van der Waals surface area contributed by atoms with Gasteiger partial charge in [0.1, 0.15) is 0 Å². The van der Waals surface area contributed by atoms with Crippen molar-refractivity contribution in [2.45, 2.75) is 6.92 Å². The molecule has 0 atom stereocenters. The monoisotopic (exact) mass is 248 g/mol. The van der Waals surface area contributed by atoms with Gasteiger partial charge in [-0.15, -0.1) is 0 Å². The molecule has 1 aromatic carbocycles. The fourth-order valence-electron chi connectivity index (χ4n) is 2.37. The molecule has 0 saturated heterocycles. The zero-order valence-electron chi connectivity index (χ0n) is 10.9. The lowest BCUT2D eigenvalue weighted by Gasteiger charge is -2.18. The Morgan fingerprint density at radius 1 is 1.00 bits per heavy atom. The van der Waals surface area contributed by atoms with Crippen molar-refractivity contribution < 1.29 is 0 Å². The van der Waals surface area contributed by atoms with Crippen LogP contribution in [0.4, 0.5) is 0 Å². The Morgan fingerprint density at radius 2 is 1.84 bits per heavy atom. The van der Waals surface area contributed by atoms with Crippen LogP contribution >= 0.6 is 0 Å². The lowest BCUT2D eigenvalue weighted by atomic mass is 9.91. The second-order valence-corrected chi connectivity index (χ2v) is 4.69. The lowest BCUT2D eigenvalue weighted by Crippen LogP contribution is -2.12. The van der Waals surface area contributed by atoms with Crippen LogP contribution in [-0.2, 0) is 0 Å². The number of benzene rings is 1. The molecule has 94 valence electrons. The molecule has 3 rings (SSSR count). The first-order chi connectivity index (χ1) is 9.34. The second kappa shape index (κ2) is 5.11. The number of hydrogen-bond acceptors (Lipinski definition) is 2. The molecule has 1 N–H and O–H groups in total. The minimum atomic E-state index is 0.873. The standard InChI is InChI=1S/C17H16N2/c1-13-3-2-4-15(11-13)16-7-10-19-12-17(16)14-5-8-18-9-6-14/h2-9,11-12,19H,10H2,1H3. The quantitative estimate of drug-likeness (QED) is 0.881. The van der Waals surface area contributed by atoms with Gasteiger partial charge in [0.15, 0.2) is 0 Å². The van der Waals surface area contributed by atoms with Crippen LogP contribution in [0.25, 0.3) is 11.1 Å². The van der Waals surface area contributed by atoms with Gasteiger partial charge in [-0.1, -0.05) is 35.9 Å². The lowest BCUT2D eigenvalue weighted by molar-refractivity contribution is 0.979. The van der Waals surface area contributed by atoms with E-state index < -0.39 is 0 Å². The molecule has 0 amide bonds. The first kappa shape index (κ1) is 11.7. The molecule has 2 heterocycles. The highest BCUT2D eigenvalue weighted by atomic mass is 14.8. The second-order valence-electron chi connectivity index (χ2n) is 4.69. The minimum absolute atomic E-state index is 0.873. The minimum Gasteiger partial charge on any atom is -0.387 e. The Morgan fingerprint density at radius 3 is 2.63 bits per heavy atom. The summed E-state index contributed by atoms with van der Waals surface area (Å²) in [4.78, 5) is 4.09. The number of nitrogens with zero attached hydrogens (tertiary/aromatic N) is 1. The smallest absolute Gasteiger partial charge is 0.0334 e. The van der Waals surface area contributed by atoms with E-state index in [4.69, 9.17) is 0 Å². The zero-order chi connectivity index (χ0) is 13.1. The van der Waals surface area contributed by atoms with Crippen LogP contribution in [-0.4, -0.2) is 11.5 Å². The van der Waals surface area contributed by atoms with Gasteiger partial charge in [-0.3, -0.25) is 4.98 Å². The topological polar surface area (TPSA) is 24.9 Å². The molecule has 0 radical (unpaired) electrons. The van der Waals surface area contributed by atoms with Gasteiger partial charge in [0.2, 0.25) is 0 Å².